The molecule has 1 heterocycles. The van der Waals surface area contributed by atoms with E-state index in [1.165, 1.54) is 11.3 Å². The summed E-state index contributed by atoms with van der Waals surface area (Å²) in [5, 5.41) is 7.67. The standard InChI is InChI=1S/C11H16N4O2S/c1-6(10(17)14-7-2-3-7)13-9(16)4-8-5-18-11(12)15-8/h5-7H,2-4H2,1H3,(H2,12,15)(H,13,16)(H,14,17). The Morgan fingerprint density at radius 1 is 1.61 bits per heavy atom. The highest BCUT2D eigenvalue weighted by Gasteiger charge is 2.26. The molecule has 2 amide bonds. The maximum Gasteiger partial charge on any atom is 0.242 e. The van der Waals surface area contributed by atoms with Crippen molar-refractivity contribution < 1.29 is 9.59 Å². The van der Waals surface area contributed by atoms with E-state index in [-0.39, 0.29) is 18.2 Å². The number of nitrogens with one attached hydrogen (secondary N) is 2. The van der Waals surface area contributed by atoms with Crippen molar-refractivity contribution in [3.63, 3.8) is 0 Å². The molecule has 1 aromatic heterocycles. The zero-order chi connectivity index (χ0) is 13.1. The summed E-state index contributed by atoms with van der Waals surface area (Å²) in [4.78, 5) is 27.3. The van der Waals surface area contributed by atoms with Crippen LogP contribution in [-0.4, -0.2) is 28.9 Å². The van der Waals surface area contributed by atoms with Gasteiger partial charge in [-0.2, -0.15) is 0 Å². The molecule has 1 aliphatic rings. The first kappa shape index (κ1) is 12.8. The Hall–Kier alpha value is -1.63. The van der Waals surface area contributed by atoms with Crippen molar-refractivity contribution in [3.05, 3.63) is 11.1 Å². The van der Waals surface area contributed by atoms with E-state index in [2.05, 4.69) is 15.6 Å². The number of amides is 2. The van der Waals surface area contributed by atoms with Crippen molar-refractivity contribution in [1.29, 1.82) is 0 Å². The van der Waals surface area contributed by atoms with Crippen LogP contribution in [0, 0.1) is 0 Å². The minimum atomic E-state index is -0.519. The number of anilines is 1. The Kier molecular flexibility index (Phi) is 3.81. The molecule has 0 radical (unpaired) electrons. The molecule has 2 rings (SSSR count). The fourth-order valence-electron chi connectivity index (χ4n) is 1.48. The number of nitrogen functional groups attached to an aromatic ring is 1. The molecule has 1 unspecified atom stereocenters. The molecule has 0 aliphatic heterocycles. The van der Waals surface area contributed by atoms with E-state index in [0.29, 0.717) is 16.9 Å². The third-order valence-electron chi connectivity index (χ3n) is 2.61. The first-order valence-electron chi connectivity index (χ1n) is 5.84. The summed E-state index contributed by atoms with van der Waals surface area (Å²) in [6.45, 7) is 1.67. The van der Waals surface area contributed by atoms with Gasteiger partial charge in [-0.1, -0.05) is 0 Å². The van der Waals surface area contributed by atoms with Gasteiger partial charge in [0.1, 0.15) is 6.04 Å². The molecule has 1 aromatic rings. The van der Waals surface area contributed by atoms with Gasteiger partial charge < -0.3 is 16.4 Å². The van der Waals surface area contributed by atoms with Gasteiger partial charge in [0, 0.05) is 11.4 Å². The van der Waals surface area contributed by atoms with Crippen LogP contribution in [0.25, 0.3) is 0 Å². The SMILES string of the molecule is CC(NC(=O)Cc1csc(N)n1)C(=O)NC1CC1. The van der Waals surface area contributed by atoms with Gasteiger partial charge in [-0.15, -0.1) is 11.3 Å². The fraction of sp³-hybridized carbons (Fsp3) is 0.545. The molecule has 7 heteroatoms. The third-order valence-corrected chi connectivity index (χ3v) is 3.33. The van der Waals surface area contributed by atoms with Gasteiger partial charge in [0.25, 0.3) is 0 Å². The van der Waals surface area contributed by atoms with Crippen LogP contribution in [-0.2, 0) is 16.0 Å². The summed E-state index contributed by atoms with van der Waals surface area (Å²) in [6, 6.07) is -0.218. The number of nitrogens with two attached hydrogens (primary N) is 1. The second-order valence-corrected chi connectivity index (χ2v) is 5.32. The van der Waals surface area contributed by atoms with Crippen molar-refractivity contribution in [2.45, 2.75) is 38.3 Å². The van der Waals surface area contributed by atoms with Crippen molar-refractivity contribution in [2.24, 2.45) is 0 Å². The molecule has 0 aromatic carbocycles. The highest BCUT2D eigenvalue weighted by Crippen LogP contribution is 2.18. The van der Waals surface area contributed by atoms with Crippen LogP contribution in [0.4, 0.5) is 5.13 Å². The van der Waals surface area contributed by atoms with Gasteiger partial charge in [-0.25, -0.2) is 4.98 Å². The van der Waals surface area contributed by atoms with Crippen molar-refractivity contribution in [3.8, 4) is 0 Å². The summed E-state index contributed by atoms with van der Waals surface area (Å²) in [7, 11) is 0. The number of hydrogen-bond donors (Lipinski definition) is 3. The molecule has 4 N–H and O–H groups in total. The lowest BCUT2D eigenvalue weighted by Gasteiger charge is -2.13. The van der Waals surface area contributed by atoms with Crippen molar-refractivity contribution in [2.75, 3.05) is 5.73 Å². The number of aromatic nitrogens is 1. The first-order chi connectivity index (χ1) is 8.54. The average Bonchev–Trinajstić information content (AvgIpc) is 3.01. The molecule has 1 fully saturated rings. The molecule has 6 nitrogen and oxygen atoms in total. The summed E-state index contributed by atoms with van der Waals surface area (Å²) in [5.74, 6) is -0.359. The van der Waals surface area contributed by atoms with Crippen LogP contribution in [0.3, 0.4) is 0 Å². The van der Waals surface area contributed by atoms with E-state index in [1.807, 2.05) is 0 Å². The predicted octanol–water partition coefficient (Wildman–Crippen LogP) is 0.0511. The van der Waals surface area contributed by atoms with Gasteiger partial charge >= 0.3 is 0 Å². The second kappa shape index (κ2) is 5.34. The molecule has 1 aliphatic carbocycles. The number of carbonyl (C=O) groups is 2. The summed E-state index contributed by atoms with van der Waals surface area (Å²) < 4.78 is 0. The molecule has 18 heavy (non-hydrogen) atoms. The molecule has 0 bridgehead atoms. The van der Waals surface area contributed by atoms with Crippen LogP contribution in [0.5, 0.6) is 0 Å². The number of hydrogen-bond acceptors (Lipinski definition) is 5. The zero-order valence-electron chi connectivity index (χ0n) is 10.1. The Morgan fingerprint density at radius 2 is 2.33 bits per heavy atom. The topological polar surface area (TPSA) is 97.1 Å². The molecular weight excluding hydrogens is 252 g/mol. The zero-order valence-corrected chi connectivity index (χ0v) is 10.9. The number of carbonyl (C=O) groups excluding carboxylic acids is 2. The maximum atomic E-state index is 11.7. The molecule has 98 valence electrons. The fourth-order valence-corrected chi connectivity index (χ4v) is 2.04. The van der Waals surface area contributed by atoms with Crippen molar-refractivity contribution in [1.82, 2.24) is 15.6 Å². The maximum absolute atomic E-state index is 11.7. The number of nitrogens with zero attached hydrogens (tertiary/aromatic N) is 1. The van der Waals surface area contributed by atoms with E-state index >= 15 is 0 Å². The summed E-state index contributed by atoms with van der Waals surface area (Å²) in [6.07, 6.45) is 2.21. The van der Waals surface area contributed by atoms with Crippen LogP contribution in [0.2, 0.25) is 0 Å². The van der Waals surface area contributed by atoms with Crippen LogP contribution in [0.15, 0.2) is 5.38 Å². The van der Waals surface area contributed by atoms with E-state index in [4.69, 9.17) is 5.73 Å². The Bertz CT molecular complexity index is 456. The molecule has 0 spiro atoms. The lowest BCUT2D eigenvalue weighted by atomic mass is 10.2. The third kappa shape index (κ3) is 3.69. The molecule has 1 saturated carbocycles. The number of rotatable bonds is 5. The lowest BCUT2D eigenvalue weighted by molar-refractivity contribution is -0.128. The largest absolute Gasteiger partial charge is 0.375 e. The molecular formula is C11H16N4O2S. The predicted molar refractivity (Wildman–Crippen MR) is 69.0 cm³/mol. The Labute approximate surface area is 109 Å². The Balaban J connectivity index is 1.77. The Morgan fingerprint density at radius 3 is 2.89 bits per heavy atom. The van der Waals surface area contributed by atoms with E-state index < -0.39 is 6.04 Å². The second-order valence-electron chi connectivity index (χ2n) is 4.43. The van der Waals surface area contributed by atoms with Gasteiger partial charge in [-0.05, 0) is 19.8 Å². The molecule has 0 saturated heterocycles. The van der Waals surface area contributed by atoms with E-state index in [0.717, 1.165) is 12.8 Å². The quantitative estimate of drug-likeness (QED) is 0.703. The highest BCUT2D eigenvalue weighted by molar-refractivity contribution is 7.13. The number of thiazole rings is 1. The van der Waals surface area contributed by atoms with E-state index in [9.17, 15) is 9.59 Å². The van der Waals surface area contributed by atoms with Crippen LogP contribution < -0.4 is 16.4 Å². The summed E-state index contributed by atoms with van der Waals surface area (Å²) in [5.41, 5.74) is 6.11. The smallest absolute Gasteiger partial charge is 0.242 e. The first-order valence-corrected chi connectivity index (χ1v) is 6.72. The average molecular weight is 268 g/mol. The lowest BCUT2D eigenvalue weighted by Crippen LogP contribution is -2.45. The van der Waals surface area contributed by atoms with Crippen LogP contribution >= 0.6 is 11.3 Å². The van der Waals surface area contributed by atoms with Crippen molar-refractivity contribution >= 4 is 28.3 Å². The highest BCUT2D eigenvalue weighted by atomic mass is 32.1. The van der Waals surface area contributed by atoms with Crippen LogP contribution in [0.1, 0.15) is 25.5 Å². The van der Waals surface area contributed by atoms with Gasteiger partial charge in [-0.3, -0.25) is 9.59 Å². The summed E-state index contributed by atoms with van der Waals surface area (Å²) >= 11 is 1.30. The van der Waals surface area contributed by atoms with Gasteiger partial charge in [0.05, 0.1) is 12.1 Å². The van der Waals surface area contributed by atoms with Gasteiger partial charge in [0.15, 0.2) is 5.13 Å². The minimum absolute atomic E-state index is 0.136. The monoisotopic (exact) mass is 268 g/mol. The minimum Gasteiger partial charge on any atom is -0.375 e. The van der Waals surface area contributed by atoms with Gasteiger partial charge in [0.2, 0.25) is 11.8 Å². The van der Waals surface area contributed by atoms with E-state index in [1.54, 1.807) is 12.3 Å². The normalized spacial score (nSPS) is 16.1. The molecule has 1 atom stereocenters.